The lowest BCUT2D eigenvalue weighted by Crippen LogP contribution is -2.29. The Kier molecular flexibility index (Phi) is 3.33. The van der Waals surface area contributed by atoms with E-state index in [9.17, 15) is 14.7 Å². The number of ether oxygens (including phenoxy) is 1. The summed E-state index contributed by atoms with van der Waals surface area (Å²) < 4.78 is 5.94. The lowest BCUT2D eigenvalue weighted by molar-refractivity contribution is -0.117. The molecule has 1 unspecified atom stereocenters. The van der Waals surface area contributed by atoms with Crippen molar-refractivity contribution >= 4 is 11.6 Å². The van der Waals surface area contributed by atoms with Gasteiger partial charge in [0.1, 0.15) is 11.5 Å². The molecule has 4 rings (SSSR count). The summed E-state index contributed by atoms with van der Waals surface area (Å²) in [6.45, 7) is 0. The summed E-state index contributed by atoms with van der Waals surface area (Å²) in [7, 11) is 0. The Morgan fingerprint density at radius 2 is 1.61 bits per heavy atom. The molecular weight excluding hydrogens is 292 g/mol. The third-order valence-electron chi connectivity index (χ3n) is 4.88. The molecule has 23 heavy (non-hydrogen) atoms. The monoisotopic (exact) mass is 310 g/mol. The van der Waals surface area contributed by atoms with E-state index in [0.717, 1.165) is 12.0 Å². The number of para-hydroxylation sites is 1. The predicted molar refractivity (Wildman–Crippen MR) is 84.2 cm³/mol. The van der Waals surface area contributed by atoms with Gasteiger partial charge < -0.3 is 9.84 Å². The number of aliphatic hydroxyl groups excluding tert-OH is 1. The van der Waals surface area contributed by atoms with E-state index >= 15 is 0 Å². The molecule has 0 bridgehead atoms. The summed E-state index contributed by atoms with van der Waals surface area (Å²) in [6, 6.07) is 7.49. The first-order valence-corrected chi connectivity index (χ1v) is 8.15. The summed E-state index contributed by atoms with van der Waals surface area (Å²) in [6.07, 6.45) is 3.54. The minimum atomic E-state index is -0.476. The second-order valence-corrected chi connectivity index (χ2v) is 6.32. The number of aliphatic hydroxyl groups is 1. The van der Waals surface area contributed by atoms with Gasteiger partial charge in [0.2, 0.25) is 0 Å². The van der Waals surface area contributed by atoms with E-state index in [-0.39, 0.29) is 17.3 Å². The number of hydrogen-bond acceptors (Lipinski definition) is 4. The Hall–Kier alpha value is -2.36. The Bertz CT molecular complexity index is 769. The maximum Gasteiger partial charge on any atom is 0.163 e. The number of carbonyl (C=O) groups is 2. The van der Waals surface area contributed by atoms with E-state index in [0.29, 0.717) is 54.8 Å². The van der Waals surface area contributed by atoms with Gasteiger partial charge in [-0.25, -0.2) is 0 Å². The fraction of sp³-hybridized carbons (Fsp3) is 0.368. The van der Waals surface area contributed by atoms with Crippen LogP contribution >= 0.6 is 0 Å². The van der Waals surface area contributed by atoms with Gasteiger partial charge in [-0.1, -0.05) is 18.2 Å². The highest BCUT2D eigenvalue weighted by Crippen LogP contribution is 2.48. The Morgan fingerprint density at radius 3 is 2.39 bits per heavy atom. The molecule has 1 N–H and O–H groups in total. The molecule has 1 heterocycles. The number of carbonyl (C=O) groups excluding carboxylic acids is 2. The summed E-state index contributed by atoms with van der Waals surface area (Å²) in [5.74, 6) is 0.988. The van der Waals surface area contributed by atoms with Crippen molar-refractivity contribution in [2.24, 2.45) is 0 Å². The highest BCUT2D eigenvalue weighted by Gasteiger charge is 2.41. The fourth-order valence-corrected chi connectivity index (χ4v) is 3.84. The molecule has 0 saturated carbocycles. The van der Waals surface area contributed by atoms with Crippen LogP contribution in [0.4, 0.5) is 0 Å². The number of hydrogen-bond donors (Lipinski definition) is 1. The van der Waals surface area contributed by atoms with Gasteiger partial charge in [-0.2, -0.15) is 0 Å². The number of benzene rings is 1. The van der Waals surface area contributed by atoms with Crippen molar-refractivity contribution in [3.05, 3.63) is 52.5 Å². The first kappa shape index (κ1) is 14.2. The molecule has 0 spiro atoms. The van der Waals surface area contributed by atoms with Crippen molar-refractivity contribution in [1.29, 1.82) is 0 Å². The normalized spacial score (nSPS) is 24.3. The summed E-state index contributed by atoms with van der Waals surface area (Å²) >= 11 is 0. The summed E-state index contributed by atoms with van der Waals surface area (Å²) in [5.41, 5.74) is 1.78. The highest BCUT2D eigenvalue weighted by molar-refractivity contribution is 6.05. The Balaban J connectivity index is 1.95. The van der Waals surface area contributed by atoms with Crippen LogP contribution in [-0.2, 0) is 9.59 Å². The van der Waals surface area contributed by atoms with Gasteiger partial charge in [0, 0.05) is 42.4 Å². The Labute approximate surface area is 134 Å². The first-order valence-electron chi connectivity index (χ1n) is 8.15. The minimum absolute atomic E-state index is 0.0319. The highest BCUT2D eigenvalue weighted by atomic mass is 16.5. The van der Waals surface area contributed by atoms with Crippen LogP contribution in [0.5, 0.6) is 5.75 Å². The van der Waals surface area contributed by atoms with Crippen LogP contribution < -0.4 is 4.74 Å². The van der Waals surface area contributed by atoms with Crippen molar-refractivity contribution < 1.29 is 19.4 Å². The zero-order valence-corrected chi connectivity index (χ0v) is 12.8. The number of ketones is 2. The van der Waals surface area contributed by atoms with Gasteiger partial charge in [-0.05, 0) is 18.9 Å². The van der Waals surface area contributed by atoms with E-state index in [1.807, 2.05) is 24.3 Å². The van der Waals surface area contributed by atoms with Gasteiger partial charge >= 0.3 is 0 Å². The van der Waals surface area contributed by atoms with Crippen LogP contribution in [0.1, 0.15) is 50.0 Å². The topological polar surface area (TPSA) is 63.6 Å². The van der Waals surface area contributed by atoms with Crippen LogP contribution in [0.3, 0.4) is 0 Å². The number of allylic oxidation sites excluding steroid dienone is 4. The average molecular weight is 310 g/mol. The first-order chi connectivity index (χ1) is 11.2. The average Bonchev–Trinajstić information content (AvgIpc) is 2.54. The summed E-state index contributed by atoms with van der Waals surface area (Å²) in [4.78, 5) is 25.1. The molecule has 0 saturated heterocycles. The smallest absolute Gasteiger partial charge is 0.163 e. The zero-order valence-electron chi connectivity index (χ0n) is 12.8. The van der Waals surface area contributed by atoms with Gasteiger partial charge in [0.05, 0.1) is 11.7 Å². The molecule has 1 aliphatic heterocycles. The van der Waals surface area contributed by atoms with Gasteiger partial charge in [-0.3, -0.25) is 9.59 Å². The molecule has 4 nitrogen and oxygen atoms in total. The quantitative estimate of drug-likeness (QED) is 0.858. The molecule has 1 aromatic rings. The van der Waals surface area contributed by atoms with Crippen LogP contribution in [0.2, 0.25) is 0 Å². The number of Topliss-reactive ketones (excluding diaryl/α,β-unsaturated/α-hetero) is 2. The molecule has 0 fully saturated rings. The van der Waals surface area contributed by atoms with Crippen molar-refractivity contribution in [2.45, 2.75) is 44.4 Å². The molecular formula is C19H18O4. The Morgan fingerprint density at radius 1 is 0.913 bits per heavy atom. The van der Waals surface area contributed by atoms with E-state index in [4.69, 9.17) is 4.74 Å². The van der Waals surface area contributed by atoms with Crippen LogP contribution in [-0.4, -0.2) is 16.7 Å². The molecule has 118 valence electrons. The van der Waals surface area contributed by atoms with E-state index in [1.165, 1.54) is 0 Å². The molecule has 3 aliphatic rings. The summed E-state index contributed by atoms with van der Waals surface area (Å²) in [5, 5.41) is 10.4. The SMILES string of the molecule is O=C1CCCC(O)=C1C1C2=C(CCCC2=O)Oc2ccccc21. The lowest BCUT2D eigenvalue weighted by atomic mass is 9.73. The van der Waals surface area contributed by atoms with Crippen molar-refractivity contribution in [1.82, 2.24) is 0 Å². The minimum Gasteiger partial charge on any atom is -0.512 e. The van der Waals surface area contributed by atoms with E-state index in [2.05, 4.69) is 0 Å². The maximum absolute atomic E-state index is 12.6. The molecule has 0 amide bonds. The van der Waals surface area contributed by atoms with Crippen molar-refractivity contribution in [3.8, 4) is 5.75 Å². The second-order valence-electron chi connectivity index (χ2n) is 6.32. The largest absolute Gasteiger partial charge is 0.512 e. The molecule has 0 radical (unpaired) electrons. The lowest BCUT2D eigenvalue weighted by Gasteiger charge is -2.34. The predicted octanol–water partition coefficient (Wildman–Crippen LogP) is 3.73. The van der Waals surface area contributed by atoms with E-state index < -0.39 is 5.92 Å². The molecule has 4 heteroatoms. The van der Waals surface area contributed by atoms with Crippen LogP contribution in [0, 0.1) is 0 Å². The molecule has 1 atom stereocenters. The fourth-order valence-electron chi connectivity index (χ4n) is 3.84. The molecule has 1 aromatic carbocycles. The van der Waals surface area contributed by atoms with E-state index in [1.54, 1.807) is 0 Å². The standard InChI is InChI=1S/C19H18O4/c20-12-6-3-7-13(21)18(12)17-11-5-1-2-9-15(11)23-16-10-4-8-14(22)19(16)17/h1-2,5,9,17,20H,3-4,6-8,10H2. The molecule has 2 aliphatic carbocycles. The third-order valence-corrected chi connectivity index (χ3v) is 4.88. The number of fused-ring (bicyclic) bond motifs is 1. The molecule has 0 aromatic heterocycles. The van der Waals surface area contributed by atoms with Gasteiger partial charge in [-0.15, -0.1) is 0 Å². The van der Waals surface area contributed by atoms with Gasteiger partial charge in [0.25, 0.3) is 0 Å². The number of rotatable bonds is 1. The van der Waals surface area contributed by atoms with Crippen LogP contribution in [0.25, 0.3) is 0 Å². The van der Waals surface area contributed by atoms with Crippen molar-refractivity contribution in [3.63, 3.8) is 0 Å². The maximum atomic E-state index is 12.6. The third kappa shape index (κ3) is 2.21. The van der Waals surface area contributed by atoms with Gasteiger partial charge in [0.15, 0.2) is 11.6 Å². The van der Waals surface area contributed by atoms with Crippen LogP contribution in [0.15, 0.2) is 46.9 Å². The van der Waals surface area contributed by atoms with Crippen molar-refractivity contribution in [2.75, 3.05) is 0 Å². The zero-order chi connectivity index (χ0) is 16.0. The second kappa shape index (κ2) is 5.37.